The van der Waals surface area contributed by atoms with Crippen LogP contribution < -0.4 is 5.32 Å². The van der Waals surface area contributed by atoms with Gasteiger partial charge in [0.05, 0.1) is 23.7 Å². The van der Waals surface area contributed by atoms with Crippen molar-refractivity contribution >= 4 is 9.84 Å². The van der Waals surface area contributed by atoms with E-state index in [1.165, 1.54) is 0 Å². The van der Waals surface area contributed by atoms with E-state index in [0.29, 0.717) is 0 Å². The highest BCUT2D eigenvalue weighted by atomic mass is 32.2. The Morgan fingerprint density at radius 3 is 2.36 bits per heavy atom. The molecule has 0 amide bonds. The Morgan fingerprint density at radius 1 is 1.21 bits per heavy atom. The molecular formula is C8H16N2O3S. The summed E-state index contributed by atoms with van der Waals surface area (Å²) in [6.45, 7) is 3.42. The molecule has 0 saturated carbocycles. The molecule has 6 heteroatoms. The Morgan fingerprint density at radius 2 is 1.86 bits per heavy atom. The van der Waals surface area contributed by atoms with Gasteiger partial charge in [-0.3, -0.25) is 4.90 Å². The fourth-order valence-corrected chi connectivity index (χ4v) is 4.00. The van der Waals surface area contributed by atoms with Gasteiger partial charge in [-0.25, -0.2) is 8.42 Å². The topological polar surface area (TPSA) is 69.6 Å². The lowest BCUT2D eigenvalue weighted by molar-refractivity contribution is 0.0751. The first-order valence-electron chi connectivity index (χ1n) is 4.92. The van der Waals surface area contributed by atoms with E-state index in [-0.39, 0.29) is 17.5 Å². The summed E-state index contributed by atoms with van der Waals surface area (Å²) in [5, 5.41) is 12.8. The third-order valence-electron chi connectivity index (χ3n) is 2.91. The maximum atomic E-state index is 11.3. The zero-order chi connectivity index (χ0) is 10.2. The lowest BCUT2D eigenvalue weighted by Gasteiger charge is -2.33. The van der Waals surface area contributed by atoms with E-state index in [1.54, 1.807) is 0 Å². The quantitative estimate of drug-likeness (QED) is 0.537. The minimum Gasteiger partial charge on any atom is -0.390 e. The SMILES string of the molecule is O=S1(=O)C[C@H](O)[C@@H](N2CCNCC2)C1. The molecule has 2 aliphatic rings. The fourth-order valence-electron chi connectivity index (χ4n) is 2.17. The molecule has 0 aromatic heterocycles. The minimum absolute atomic E-state index is 0.0679. The third kappa shape index (κ3) is 2.08. The summed E-state index contributed by atoms with van der Waals surface area (Å²) in [5.74, 6) is 0.0514. The zero-order valence-corrected chi connectivity index (χ0v) is 8.83. The summed E-state index contributed by atoms with van der Waals surface area (Å²) in [7, 11) is -3.01. The van der Waals surface area contributed by atoms with Crippen molar-refractivity contribution in [3.63, 3.8) is 0 Å². The predicted molar refractivity (Wildman–Crippen MR) is 52.9 cm³/mol. The number of piperazine rings is 1. The van der Waals surface area contributed by atoms with Gasteiger partial charge in [0.2, 0.25) is 0 Å². The fraction of sp³-hybridized carbons (Fsp3) is 1.00. The Bertz CT molecular complexity index is 298. The van der Waals surface area contributed by atoms with Crippen LogP contribution in [-0.2, 0) is 9.84 Å². The van der Waals surface area contributed by atoms with Crippen LogP contribution in [0.3, 0.4) is 0 Å². The van der Waals surface area contributed by atoms with Gasteiger partial charge in [-0.2, -0.15) is 0 Å². The van der Waals surface area contributed by atoms with Crippen LogP contribution in [0.15, 0.2) is 0 Å². The Hall–Kier alpha value is -0.170. The smallest absolute Gasteiger partial charge is 0.154 e. The largest absolute Gasteiger partial charge is 0.390 e. The van der Waals surface area contributed by atoms with Crippen LogP contribution in [0.2, 0.25) is 0 Å². The van der Waals surface area contributed by atoms with Gasteiger partial charge in [0, 0.05) is 26.2 Å². The van der Waals surface area contributed by atoms with Crippen molar-refractivity contribution in [1.82, 2.24) is 10.2 Å². The first-order chi connectivity index (χ1) is 6.58. The van der Waals surface area contributed by atoms with E-state index < -0.39 is 15.9 Å². The van der Waals surface area contributed by atoms with Crippen LogP contribution in [0, 0.1) is 0 Å². The number of aliphatic hydroxyl groups excluding tert-OH is 1. The van der Waals surface area contributed by atoms with Crippen LogP contribution in [0.1, 0.15) is 0 Å². The number of hydrogen-bond acceptors (Lipinski definition) is 5. The van der Waals surface area contributed by atoms with Crippen molar-refractivity contribution < 1.29 is 13.5 Å². The van der Waals surface area contributed by atoms with Crippen molar-refractivity contribution in [1.29, 1.82) is 0 Å². The summed E-state index contributed by atoms with van der Waals surface area (Å²) in [5.41, 5.74) is 0. The van der Waals surface area contributed by atoms with Gasteiger partial charge in [-0.1, -0.05) is 0 Å². The third-order valence-corrected chi connectivity index (χ3v) is 4.61. The van der Waals surface area contributed by atoms with Crippen molar-refractivity contribution in [3.05, 3.63) is 0 Å². The van der Waals surface area contributed by atoms with Gasteiger partial charge in [0.15, 0.2) is 9.84 Å². The first kappa shape index (κ1) is 10.4. The van der Waals surface area contributed by atoms with Gasteiger partial charge >= 0.3 is 0 Å². The molecule has 0 spiro atoms. The maximum Gasteiger partial charge on any atom is 0.154 e. The Kier molecular flexibility index (Phi) is 2.79. The van der Waals surface area contributed by atoms with Crippen molar-refractivity contribution in [2.45, 2.75) is 12.1 Å². The highest BCUT2D eigenvalue weighted by molar-refractivity contribution is 7.91. The second-order valence-corrected chi connectivity index (χ2v) is 6.15. The molecule has 2 atom stereocenters. The molecule has 0 aromatic carbocycles. The second kappa shape index (κ2) is 3.77. The van der Waals surface area contributed by atoms with E-state index in [2.05, 4.69) is 10.2 Å². The Labute approximate surface area is 84.0 Å². The van der Waals surface area contributed by atoms with Crippen molar-refractivity contribution in [3.8, 4) is 0 Å². The average Bonchev–Trinajstić information content (AvgIpc) is 2.41. The molecule has 0 aromatic rings. The highest BCUT2D eigenvalue weighted by Gasteiger charge is 2.39. The van der Waals surface area contributed by atoms with Gasteiger partial charge < -0.3 is 10.4 Å². The molecule has 0 aliphatic carbocycles. The number of sulfone groups is 1. The van der Waals surface area contributed by atoms with Crippen molar-refractivity contribution in [2.75, 3.05) is 37.7 Å². The molecule has 2 heterocycles. The predicted octanol–water partition coefficient (Wildman–Crippen LogP) is -1.95. The first-order valence-corrected chi connectivity index (χ1v) is 6.74. The summed E-state index contributed by atoms with van der Waals surface area (Å²) in [6, 6.07) is -0.179. The summed E-state index contributed by atoms with van der Waals surface area (Å²) < 4.78 is 22.6. The molecule has 82 valence electrons. The van der Waals surface area contributed by atoms with Gasteiger partial charge in [0.1, 0.15) is 0 Å². The van der Waals surface area contributed by atoms with Crippen molar-refractivity contribution in [2.24, 2.45) is 0 Å². The molecule has 0 bridgehead atoms. The lowest BCUT2D eigenvalue weighted by atomic mass is 10.1. The van der Waals surface area contributed by atoms with Gasteiger partial charge in [0.25, 0.3) is 0 Å². The number of nitrogens with zero attached hydrogens (tertiary/aromatic N) is 1. The molecule has 2 fully saturated rings. The van der Waals surface area contributed by atoms with Crippen LogP contribution in [0.5, 0.6) is 0 Å². The molecule has 14 heavy (non-hydrogen) atoms. The number of hydrogen-bond donors (Lipinski definition) is 2. The normalized spacial score (nSPS) is 38.6. The number of rotatable bonds is 1. The second-order valence-electron chi connectivity index (χ2n) is 4.00. The molecule has 5 nitrogen and oxygen atoms in total. The number of nitrogens with one attached hydrogen (secondary N) is 1. The monoisotopic (exact) mass is 220 g/mol. The van der Waals surface area contributed by atoms with Crippen LogP contribution in [-0.4, -0.2) is 68.3 Å². The average molecular weight is 220 g/mol. The molecule has 2 saturated heterocycles. The van der Waals surface area contributed by atoms with Crippen LogP contribution in [0.25, 0.3) is 0 Å². The van der Waals surface area contributed by atoms with E-state index in [1.807, 2.05) is 0 Å². The van der Waals surface area contributed by atoms with Crippen LogP contribution >= 0.6 is 0 Å². The van der Waals surface area contributed by atoms with Gasteiger partial charge in [-0.15, -0.1) is 0 Å². The molecule has 2 rings (SSSR count). The Balaban J connectivity index is 2.04. The molecule has 2 aliphatic heterocycles. The van der Waals surface area contributed by atoms with E-state index >= 15 is 0 Å². The molecule has 0 radical (unpaired) electrons. The zero-order valence-electron chi connectivity index (χ0n) is 8.02. The van der Waals surface area contributed by atoms with Crippen LogP contribution in [0.4, 0.5) is 0 Å². The maximum absolute atomic E-state index is 11.3. The number of aliphatic hydroxyl groups is 1. The lowest BCUT2D eigenvalue weighted by Crippen LogP contribution is -2.52. The standard InChI is InChI=1S/C8H16N2O3S/c11-8-6-14(12,13)5-7(8)10-3-1-9-2-4-10/h7-9,11H,1-6H2/t7-,8-/m0/s1. The minimum atomic E-state index is -3.01. The van der Waals surface area contributed by atoms with E-state index in [0.717, 1.165) is 26.2 Å². The molecular weight excluding hydrogens is 204 g/mol. The molecule has 2 N–H and O–H groups in total. The summed E-state index contributed by atoms with van der Waals surface area (Å²) in [6.07, 6.45) is -0.696. The van der Waals surface area contributed by atoms with Gasteiger partial charge in [-0.05, 0) is 0 Å². The summed E-state index contributed by atoms with van der Waals surface area (Å²) in [4.78, 5) is 2.08. The summed E-state index contributed by atoms with van der Waals surface area (Å²) >= 11 is 0. The van der Waals surface area contributed by atoms with E-state index in [4.69, 9.17) is 0 Å². The molecule has 0 unspecified atom stereocenters. The highest BCUT2D eigenvalue weighted by Crippen LogP contribution is 2.18. The van der Waals surface area contributed by atoms with E-state index in [9.17, 15) is 13.5 Å².